The molecule has 0 radical (unpaired) electrons. The Balaban J connectivity index is 2.15. The quantitative estimate of drug-likeness (QED) is 0.653. The summed E-state index contributed by atoms with van der Waals surface area (Å²) >= 11 is 6.00. The summed E-state index contributed by atoms with van der Waals surface area (Å²) in [5.74, 6) is -1.83. The summed E-state index contributed by atoms with van der Waals surface area (Å²) in [5, 5.41) is 14.0. The van der Waals surface area contributed by atoms with Gasteiger partial charge in [0.1, 0.15) is 11.6 Å². The first-order chi connectivity index (χ1) is 12.2. The lowest BCUT2D eigenvalue weighted by Crippen LogP contribution is -2.21. The standard InChI is InChI=1S/C16H13ClF4N2O3/c17-13-2-1-3-14(12(13)4-5-24)23-15(25)22-10-6-9(18)7-11(8-10)26-16(19,20)21/h1-3,6-8,24H,4-5H2,(H2,22,23,25). The summed E-state index contributed by atoms with van der Waals surface area (Å²) in [6, 6.07) is 6.01. The number of carbonyl (C=O) groups is 1. The van der Waals surface area contributed by atoms with Crippen LogP contribution in [0.15, 0.2) is 36.4 Å². The number of nitrogens with one attached hydrogen (secondary N) is 2. The van der Waals surface area contributed by atoms with Gasteiger partial charge in [0.2, 0.25) is 0 Å². The largest absolute Gasteiger partial charge is 0.573 e. The van der Waals surface area contributed by atoms with Crippen molar-refractivity contribution >= 4 is 29.0 Å². The fraction of sp³-hybridized carbons (Fsp3) is 0.188. The Kier molecular flexibility index (Phi) is 6.27. The predicted molar refractivity (Wildman–Crippen MR) is 88.0 cm³/mol. The van der Waals surface area contributed by atoms with Gasteiger partial charge in [0.05, 0.1) is 0 Å². The van der Waals surface area contributed by atoms with Crippen LogP contribution in [0.3, 0.4) is 0 Å². The van der Waals surface area contributed by atoms with Gasteiger partial charge in [-0.15, -0.1) is 13.2 Å². The molecular weight excluding hydrogens is 380 g/mol. The van der Waals surface area contributed by atoms with Crippen molar-refractivity contribution in [3.8, 4) is 5.75 Å². The van der Waals surface area contributed by atoms with E-state index in [0.29, 0.717) is 22.3 Å². The van der Waals surface area contributed by atoms with Crippen molar-refractivity contribution in [2.24, 2.45) is 0 Å². The fourth-order valence-corrected chi connectivity index (χ4v) is 2.42. The number of rotatable bonds is 5. The Morgan fingerprint density at radius 2 is 1.92 bits per heavy atom. The van der Waals surface area contributed by atoms with Crippen LogP contribution in [0.25, 0.3) is 0 Å². The molecule has 0 heterocycles. The maximum Gasteiger partial charge on any atom is 0.573 e. The monoisotopic (exact) mass is 392 g/mol. The Labute approximate surface area is 150 Å². The number of anilines is 2. The number of aliphatic hydroxyl groups excluding tert-OH is 1. The zero-order valence-electron chi connectivity index (χ0n) is 13.0. The van der Waals surface area contributed by atoms with Crippen LogP contribution < -0.4 is 15.4 Å². The van der Waals surface area contributed by atoms with Gasteiger partial charge in [-0.25, -0.2) is 9.18 Å². The van der Waals surface area contributed by atoms with Crippen LogP contribution in [0.4, 0.5) is 33.7 Å². The molecule has 2 aromatic carbocycles. The van der Waals surface area contributed by atoms with Crippen LogP contribution in [-0.4, -0.2) is 24.1 Å². The normalized spacial score (nSPS) is 11.2. The van der Waals surface area contributed by atoms with Crippen LogP contribution in [0.2, 0.25) is 5.02 Å². The molecule has 0 saturated carbocycles. The van der Waals surface area contributed by atoms with Gasteiger partial charge in [-0.2, -0.15) is 0 Å². The van der Waals surface area contributed by atoms with E-state index in [-0.39, 0.29) is 18.7 Å². The fourth-order valence-electron chi connectivity index (χ4n) is 2.15. The second kappa shape index (κ2) is 8.24. The molecule has 3 N–H and O–H groups in total. The Bertz CT molecular complexity index is 800. The van der Waals surface area contributed by atoms with E-state index in [1.165, 1.54) is 6.07 Å². The molecule has 0 fully saturated rings. The molecule has 2 rings (SSSR count). The van der Waals surface area contributed by atoms with Gasteiger partial charge in [-0.3, -0.25) is 0 Å². The molecule has 2 amide bonds. The van der Waals surface area contributed by atoms with Crippen LogP contribution >= 0.6 is 11.6 Å². The number of alkyl halides is 3. The third kappa shape index (κ3) is 5.78. The number of carbonyl (C=O) groups excluding carboxylic acids is 1. The first kappa shape index (κ1) is 19.8. The minimum absolute atomic E-state index is 0.179. The Morgan fingerprint density at radius 3 is 2.58 bits per heavy atom. The minimum atomic E-state index is -4.99. The number of urea groups is 1. The van der Waals surface area contributed by atoms with E-state index in [2.05, 4.69) is 15.4 Å². The van der Waals surface area contributed by atoms with Crippen molar-refractivity contribution in [1.29, 1.82) is 0 Å². The number of ether oxygens (including phenoxy) is 1. The molecule has 0 bridgehead atoms. The molecule has 0 aromatic heterocycles. The van der Waals surface area contributed by atoms with Crippen LogP contribution in [0.5, 0.6) is 5.75 Å². The molecule has 26 heavy (non-hydrogen) atoms. The van der Waals surface area contributed by atoms with Crippen molar-refractivity contribution in [3.05, 3.63) is 52.8 Å². The molecule has 0 unspecified atom stereocenters. The highest BCUT2D eigenvalue weighted by atomic mass is 35.5. The van der Waals surface area contributed by atoms with E-state index < -0.39 is 24.0 Å². The smallest absolute Gasteiger partial charge is 0.406 e. The molecule has 0 spiro atoms. The number of amides is 2. The highest BCUT2D eigenvalue weighted by molar-refractivity contribution is 6.31. The highest BCUT2D eigenvalue weighted by Crippen LogP contribution is 2.28. The second-order valence-corrected chi connectivity index (χ2v) is 5.45. The topological polar surface area (TPSA) is 70.6 Å². The average molecular weight is 393 g/mol. The number of hydrogen-bond acceptors (Lipinski definition) is 3. The molecule has 140 valence electrons. The summed E-state index contributed by atoms with van der Waals surface area (Å²) in [6.45, 7) is -0.206. The van der Waals surface area contributed by atoms with Crippen LogP contribution in [0, 0.1) is 5.82 Å². The summed E-state index contributed by atoms with van der Waals surface area (Å²) in [5.41, 5.74) is 0.534. The van der Waals surface area contributed by atoms with E-state index in [9.17, 15) is 22.4 Å². The molecule has 0 atom stereocenters. The molecule has 0 aliphatic rings. The van der Waals surface area contributed by atoms with Crippen molar-refractivity contribution in [1.82, 2.24) is 0 Å². The van der Waals surface area contributed by atoms with Crippen molar-refractivity contribution in [3.63, 3.8) is 0 Å². The van der Waals surface area contributed by atoms with Gasteiger partial charge in [-0.1, -0.05) is 17.7 Å². The lowest BCUT2D eigenvalue weighted by molar-refractivity contribution is -0.274. The van der Waals surface area contributed by atoms with Crippen molar-refractivity contribution < 1.29 is 32.2 Å². The Hall–Kier alpha value is -2.52. The lowest BCUT2D eigenvalue weighted by atomic mass is 10.1. The van der Waals surface area contributed by atoms with Gasteiger partial charge in [-0.05, 0) is 30.2 Å². The van der Waals surface area contributed by atoms with E-state index in [1.54, 1.807) is 12.1 Å². The van der Waals surface area contributed by atoms with Gasteiger partial charge in [0, 0.05) is 35.1 Å². The average Bonchev–Trinajstić information content (AvgIpc) is 2.48. The third-order valence-electron chi connectivity index (χ3n) is 3.09. The SMILES string of the molecule is O=C(Nc1cc(F)cc(OC(F)(F)F)c1)Nc1cccc(Cl)c1CCO. The maximum atomic E-state index is 13.4. The molecular formula is C16H13ClF4N2O3. The van der Waals surface area contributed by atoms with E-state index in [4.69, 9.17) is 16.7 Å². The number of hydrogen-bond donors (Lipinski definition) is 3. The molecule has 10 heteroatoms. The molecule has 0 aliphatic carbocycles. The Morgan fingerprint density at radius 1 is 1.19 bits per heavy atom. The van der Waals surface area contributed by atoms with Gasteiger partial charge in [0.15, 0.2) is 0 Å². The number of aliphatic hydroxyl groups is 1. The van der Waals surface area contributed by atoms with Crippen molar-refractivity contribution in [2.75, 3.05) is 17.2 Å². The van der Waals surface area contributed by atoms with Crippen LogP contribution in [-0.2, 0) is 6.42 Å². The summed E-state index contributed by atoms with van der Waals surface area (Å²) in [7, 11) is 0. The number of benzene rings is 2. The van der Waals surface area contributed by atoms with E-state index in [1.807, 2.05) is 0 Å². The molecule has 2 aromatic rings. The molecule has 5 nitrogen and oxygen atoms in total. The first-order valence-electron chi connectivity index (χ1n) is 7.20. The predicted octanol–water partition coefficient (Wildman–Crippen LogP) is 4.56. The highest BCUT2D eigenvalue weighted by Gasteiger charge is 2.31. The van der Waals surface area contributed by atoms with Crippen LogP contribution in [0.1, 0.15) is 5.56 Å². The maximum absolute atomic E-state index is 13.4. The van der Waals surface area contributed by atoms with Gasteiger partial charge < -0.3 is 20.5 Å². The second-order valence-electron chi connectivity index (χ2n) is 5.04. The molecule has 0 aliphatic heterocycles. The van der Waals surface area contributed by atoms with Gasteiger partial charge in [0.25, 0.3) is 0 Å². The first-order valence-corrected chi connectivity index (χ1v) is 7.58. The summed E-state index contributed by atoms with van der Waals surface area (Å²) in [4.78, 5) is 12.0. The molecule has 0 saturated heterocycles. The van der Waals surface area contributed by atoms with Crippen molar-refractivity contribution in [2.45, 2.75) is 12.8 Å². The third-order valence-corrected chi connectivity index (χ3v) is 3.45. The lowest BCUT2D eigenvalue weighted by Gasteiger charge is -2.14. The van der Waals surface area contributed by atoms with E-state index in [0.717, 1.165) is 12.1 Å². The summed E-state index contributed by atoms with van der Waals surface area (Å²) < 4.78 is 53.8. The minimum Gasteiger partial charge on any atom is -0.406 e. The summed E-state index contributed by atoms with van der Waals surface area (Å²) in [6.07, 6.45) is -4.81. The number of halogens is 5. The van der Waals surface area contributed by atoms with Gasteiger partial charge >= 0.3 is 12.4 Å². The van der Waals surface area contributed by atoms with E-state index >= 15 is 0 Å². The zero-order chi connectivity index (χ0) is 19.3. The zero-order valence-corrected chi connectivity index (χ0v) is 13.8.